The molecule has 0 unspecified atom stereocenters. The van der Waals surface area contributed by atoms with E-state index >= 15 is 0 Å². The first-order valence-corrected chi connectivity index (χ1v) is 2.46. The van der Waals surface area contributed by atoms with Gasteiger partial charge in [-0.15, -0.1) is 24.8 Å². The Balaban J connectivity index is 0. The van der Waals surface area contributed by atoms with Crippen molar-refractivity contribution in [3.8, 4) is 12.3 Å². The Kier molecular flexibility index (Phi) is 13.3. The van der Waals surface area contributed by atoms with Gasteiger partial charge in [0.15, 0.2) is 0 Å². The monoisotopic (exact) mass is 134 g/mol. The Morgan fingerprint density at radius 2 is 2.00 bits per heavy atom. The summed E-state index contributed by atoms with van der Waals surface area (Å²) in [7, 11) is 0. The number of rotatable bonds is 3. The summed E-state index contributed by atoms with van der Waals surface area (Å²) in [4.78, 5) is 0. The Morgan fingerprint density at radius 1 is 1.38 bits per heavy atom. The van der Waals surface area contributed by atoms with Crippen LogP contribution in [-0.4, -0.2) is 11.7 Å². The van der Waals surface area contributed by atoms with Crippen LogP contribution in [0.2, 0.25) is 0 Å². The minimum Gasteiger partial charge on any atom is -0.396 e. The number of aliphatic hydroxyl groups is 1. The lowest BCUT2D eigenvalue weighted by molar-refractivity contribution is 0.285. The summed E-state index contributed by atoms with van der Waals surface area (Å²) < 4.78 is 0. The van der Waals surface area contributed by atoms with Crippen molar-refractivity contribution < 1.29 is 5.11 Å². The number of aliphatic hydroxyl groups excluding tert-OH is 1. The van der Waals surface area contributed by atoms with Crippen LogP contribution in [0.1, 0.15) is 19.3 Å². The molecule has 0 saturated heterocycles. The number of terminal acetylenes is 1. The van der Waals surface area contributed by atoms with E-state index in [2.05, 4.69) is 5.92 Å². The molecule has 0 aliphatic heterocycles. The van der Waals surface area contributed by atoms with E-state index in [1.54, 1.807) is 0 Å². The standard InChI is InChI=1S/C6H10O.ClH/c1-2-3-4-5-6-7;/h1,7H,3-6H2;1H. The molecule has 0 rings (SSSR count). The van der Waals surface area contributed by atoms with E-state index in [-0.39, 0.29) is 19.0 Å². The predicted molar refractivity (Wildman–Crippen MR) is 37.0 cm³/mol. The quantitative estimate of drug-likeness (QED) is 0.455. The lowest BCUT2D eigenvalue weighted by atomic mass is 10.2. The van der Waals surface area contributed by atoms with Gasteiger partial charge in [0.05, 0.1) is 0 Å². The Hall–Kier alpha value is -0.190. The third-order valence-corrected chi connectivity index (χ3v) is 0.729. The van der Waals surface area contributed by atoms with Crippen molar-refractivity contribution in [1.82, 2.24) is 0 Å². The molecule has 0 aliphatic carbocycles. The predicted octanol–water partition coefficient (Wildman–Crippen LogP) is 1.20. The van der Waals surface area contributed by atoms with E-state index in [1.165, 1.54) is 0 Å². The summed E-state index contributed by atoms with van der Waals surface area (Å²) in [6, 6.07) is 0. The van der Waals surface area contributed by atoms with Gasteiger partial charge in [-0.25, -0.2) is 0 Å². The highest BCUT2D eigenvalue weighted by Crippen LogP contribution is 1.89. The highest BCUT2D eigenvalue weighted by molar-refractivity contribution is 5.85. The lowest BCUT2D eigenvalue weighted by Gasteiger charge is -1.85. The van der Waals surface area contributed by atoms with Gasteiger partial charge in [0.2, 0.25) is 0 Å². The molecule has 0 fully saturated rings. The van der Waals surface area contributed by atoms with Crippen molar-refractivity contribution in [3.05, 3.63) is 0 Å². The second-order valence-corrected chi connectivity index (χ2v) is 1.38. The fourth-order valence-electron chi connectivity index (χ4n) is 0.339. The molecule has 0 bridgehead atoms. The molecule has 2 heteroatoms. The topological polar surface area (TPSA) is 20.2 Å². The van der Waals surface area contributed by atoms with Crippen LogP contribution in [0, 0.1) is 12.3 Å². The molecule has 0 aromatic rings. The van der Waals surface area contributed by atoms with Crippen LogP contribution in [-0.2, 0) is 0 Å². The van der Waals surface area contributed by atoms with Crippen molar-refractivity contribution in [2.75, 3.05) is 6.61 Å². The van der Waals surface area contributed by atoms with Crippen molar-refractivity contribution in [1.29, 1.82) is 0 Å². The summed E-state index contributed by atoms with van der Waals surface area (Å²) in [6.07, 6.45) is 7.52. The maximum absolute atomic E-state index is 8.22. The highest BCUT2D eigenvalue weighted by Gasteiger charge is 1.78. The summed E-state index contributed by atoms with van der Waals surface area (Å²) in [5.74, 6) is 2.49. The van der Waals surface area contributed by atoms with Crippen molar-refractivity contribution in [3.63, 3.8) is 0 Å². The molecule has 0 atom stereocenters. The van der Waals surface area contributed by atoms with Crippen LogP contribution in [0.4, 0.5) is 0 Å². The first-order chi connectivity index (χ1) is 3.41. The van der Waals surface area contributed by atoms with E-state index in [9.17, 15) is 0 Å². The molecule has 8 heavy (non-hydrogen) atoms. The second kappa shape index (κ2) is 9.94. The van der Waals surface area contributed by atoms with Gasteiger partial charge in [0, 0.05) is 13.0 Å². The van der Waals surface area contributed by atoms with Crippen molar-refractivity contribution in [2.45, 2.75) is 19.3 Å². The molecule has 0 amide bonds. The largest absolute Gasteiger partial charge is 0.396 e. The Morgan fingerprint density at radius 3 is 2.38 bits per heavy atom. The minimum absolute atomic E-state index is 0. The summed E-state index contributed by atoms with van der Waals surface area (Å²) >= 11 is 0. The Bertz CT molecular complexity index is 65.4. The maximum atomic E-state index is 8.22. The number of halogens is 1. The van der Waals surface area contributed by atoms with E-state index in [0.717, 1.165) is 19.3 Å². The van der Waals surface area contributed by atoms with Gasteiger partial charge in [-0.1, -0.05) is 0 Å². The molecule has 0 aliphatic rings. The van der Waals surface area contributed by atoms with Crippen LogP contribution >= 0.6 is 12.4 Å². The van der Waals surface area contributed by atoms with Crippen molar-refractivity contribution in [2.24, 2.45) is 0 Å². The Labute approximate surface area is 56.5 Å². The molecular weight excluding hydrogens is 124 g/mol. The maximum Gasteiger partial charge on any atom is 0.0431 e. The molecule has 1 N–H and O–H groups in total. The third-order valence-electron chi connectivity index (χ3n) is 0.729. The third kappa shape index (κ3) is 9.26. The smallest absolute Gasteiger partial charge is 0.0431 e. The molecule has 0 spiro atoms. The summed E-state index contributed by atoms with van der Waals surface area (Å²) in [5, 5.41) is 8.22. The molecule has 0 radical (unpaired) electrons. The second-order valence-electron chi connectivity index (χ2n) is 1.38. The fraction of sp³-hybridized carbons (Fsp3) is 0.667. The highest BCUT2D eigenvalue weighted by atomic mass is 35.5. The number of unbranched alkanes of at least 4 members (excludes halogenated alkanes) is 2. The van der Waals surface area contributed by atoms with Gasteiger partial charge in [0.1, 0.15) is 0 Å². The van der Waals surface area contributed by atoms with Gasteiger partial charge in [-0.05, 0) is 12.8 Å². The average Bonchev–Trinajstić information content (AvgIpc) is 1.69. The van der Waals surface area contributed by atoms with Gasteiger partial charge in [0.25, 0.3) is 0 Å². The minimum atomic E-state index is 0. The normalized spacial score (nSPS) is 7.00. The van der Waals surface area contributed by atoms with Crippen LogP contribution in [0.3, 0.4) is 0 Å². The first kappa shape index (κ1) is 10.7. The van der Waals surface area contributed by atoms with Gasteiger partial charge in [-0.2, -0.15) is 0 Å². The molecule has 1 nitrogen and oxygen atoms in total. The SMILES string of the molecule is C#CCCCCO.Cl. The number of hydrogen-bond donors (Lipinski definition) is 1. The molecular formula is C6H11ClO. The van der Waals surface area contributed by atoms with Gasteiger partial charge >= 0.3 is 0 Å². The molecule has 0 aromatic carbocycles. The van der Waals surface area contributed by atoms with Gasteiger partial charge in [-0.3, -0.25) is 0 Å². The molecule has 0 saturated carbocycles. The van der Waals surface area contributed by atoms with Gasteiger partial charge < -0.3 is 5.11 Å². The molecule has 0 heterocycles. The van der Waals surface area contributed by atoms with Crippen molar-refractivity contribution >= 4 is 12.4 Å². The van der Waals surface area contributed by atoms with E-state index < -0.39 is 0 Å². The van der Waals surface area contributed by atoms with E-state index in [1.807, 2.05) is 0 Å². The van der Waals surface area contributed by atoms with Crippen LogP contribution in [0.15, 0.2) is 0 Å². The molecule has 48 valence electrons. The van der Waals surface area contributed by atoms with Crippen LogP contribution < -0.4 is 0 Å². The zero-order valence-corrected chi connectivity index (χ0v) is 5.58. The van der Waals surface area contributed by atoms with Crippen LogP contribution in [0.5, 0.6) is 0 Å². The van der Waals surface area contributed by atoms with E-state index in [0.29, 0.717) is 0 Å². The molecule has 0 aromatic heterocycles. The summed E-state index contributed by atoms with van der Waals surface area (Å²) in [6.45, 7) is 0.266. The average molecular weight is 135 g/mol. The first-order valence-electron chi connectivity index (χ1n) is 2.46. The lowest BCUT2D eigenvalue weighted by Crippen LogP contribution is -1.79. The number of hydrogen-bond acceptors (Lipinski definition) is 1. The van der Waals surface area contributed by atoms with E-state index in [4.69, 9.17) is 11.5 Å². The summed E-state index contributed by atoms with van der Waals surface area (Å²) in [5.41, 5.74) is 0. The van der Waals surface area contributed by atoms with Crippen LogP contribution in [0.25, 0.3) is 0 Å². The zero-order valence-electron chi connectivity index (χ0n) is 4.76. The zero-order chi connectivity index (χ0) is 5.54. The fourth-order valence-corrected chi connectivity index (χ4v) is 0.339.